The minimum atomic E-state index is -0.597. The largest absolute Gasteiger partial charge is 0.495 e. The number of hydrogen-bond acceptors (Lipinski definition) is 3. The number of nitrogens with one attached hydrogen (secondary N) is 1. The Morgan fingerprint density at radius 1 is 1.35 bits per heavy atom. The van der Waals surface area contributed by atoms with Crippen LogP contribution in [0.4, 0.5) is 5.69 Å². The van der Waals surface area contributed by atoms with Gasteiger partial charge < -0.3 is 10.1 Å². The maximum atomic E-state index is 11.9. The fourth-order valence-electron chi connectivity index (χ4n) is 1.63. The number of ketones is 1. The van der Waals surface area contributed by atoms with Gasteiger partial charge in [0.25, 0.3) is 0 Å². The van der Waals surface area contributed by atoms with E-state index in [4.69, 9.17) is 4.74 Å². The molecule has 0 spiro atoms. The van der Waals surface area contributed by atoms with Gasteiger partial charge in [-0.05, 0) is 25.5 Å². The second kappa shape index (κ2) is 6.03. The summed E-state index contributed by atoms with van der Waals surface area (Å²) in [6.07, 6.45) is 0.496. The van der Waals surface area contributed by atoms with Crippen LogP contribution in [-0.4, -0.2) is 18.8 Å². The zero-order valence-corrected chi connectivity index (χ0v) is 10.3. The maximum Gasteiger partial charge on any atom is 0.235 e. The Morgan fingerprint density at radius 3 is 2.53 bits per heavy atom. The molecule has 0 bridgehead atoms. The monoisotopic (exact) mass is 235 g/mol. The van der Waals surface area contributed by atoms with E-state index >= 15 is 0 Å². The summed E-state index contributed by atoms with van der Waals surface area (Å²) in [5, 5.41) is 2.71. The predicted molar refractivity (Wildman–Crippen MR) is 66.1 cm³/mol. The molecule has 0 saturated heterocycles. The molecule has 0 fully saturated rings. The Kier molecular flexibility index (Phi) is 4.69. The van der Waals surface area contributed by atoms with E-state index in [1.165, 1.54) is 14.0 Å². The number of hydrogen-bond donors (Lipinski definition) is 1. The van der Waals surface area contributed by atoms with Crippen LogP contribution in [0.15, 0.2) is 24.3 Å². The molecule has 92 valence electrons. The third-order valence-corrected chi connectivity index (χ3v) is 2.58. The van der Waals surface area contributed by atoms with Crippen molar-refractivity contribution in [2.24, 2.45) is 5.92 Å². The molecular formula is C13H17NO3. The highest BCUT2D eigenvalue weighted by atomic mass is 16.5. The van der Waals surface area contributed by atoms with Crippen LogP contribution in [0.2, 0.25) is 0 Å². The lowest BCUT2D eigenvalue weighted by molar-refractivity contribution is -0.129. The molecule has 1 N–H and O–H groups in total. The molecule has 0 radical (unpaired) electrons. The van der Waals surface area contributed by atoms with Crippen LogP contribution < -0.4 is 10.1 Å². The third kappa shape index (κ3) is 3.31. The fourth-order valence-corrected chi connectivity index (χ4v) is 1.63. The molecule has 0 heterocycles. The van der Waals surface area contributed by atoms with Gasteiger partial charge in [-0.25, -0.2) is 0 Å². The normalized spacial score (nSPS) is 11.7. The molecule has 4 heteroatoms. The molecule has 1 unspecified atom stereocenters. The summed E-state index contributed by atoms with van der Waals surface area (Å²) < 4.78 is 5.12. The SMILES string of the molecule is CCC(C(C)=O)C(=O)Nc1ccccc1OC. The van der Waals surface area contributed by atoms with Gasteiger partial charge in [0.2, 0.25) is 5.91 Å². The van der Waals surface area contributed by atoms with Crippen LogP contribution in [0.3, 0.4) is 0 Å². The molecule has 17 heavy (non-hydrogen) atoms. The van der Waals surface area contributed by atoms with Crippen molar-refractivity contribution >= 4 is 17.4 Å². The van der Waals surface area contributed by atoms with Crippen LogP contribution in [0.25, 0.3) is 0 Å². The second-order valence-electron chi connectivity index (χ2n) is 3.76. The predicted octanol–water partition coefficient (Wildman–Crippen LogP) is 2.25. The summed E-state index contributed by atoms with van der Waals surface area (Å²) in [6, 6.07) is 7.11. The standard InChI is InChI=1S/C13H17NO3/c1-4-10(9(2)15)13(16)14-11-7-5-6-8-12(11)17-3/h5-8,10H,4H2,1-3H3,(H,14,16). The van der Waals surface area contributed by atoms with Crippen molar-refractivity contribution in [3.8, 4) is 5.75 Å². The van der Waals surface area contributed by atoms with Crippen LogP contribution in [-0.2, 0) is 9.59 Å². The number of para-hydroxylation sites is 2. The highest BCUT2D eigenvalue weighted by Gasteiger charge is 2.21. The van der Waals surface area contributed by atoms with E-state index in [2.05, 4.69) is 5.32 Å². The summed E-state index contributed by atoms with van der Waals surface area (Å²) in [6.45, 7) is 3.24. The van der Waals surface area contributed by atoms with Gasteiger partial charge in [-0.3, -0.25) is 9.59 Å². The fraction of sp³-hybridized carbons (Fsp3) is 0.385. The molecular weight excluding hydrogens is 218 g/mol. The van der Waals surface area contributed by atoms with Gasteiger partial charge >= 0.3 is 0 Å². The van der Waals surface area contributed by atoms with E-state index in [0.29, 0.717) is 17.9 Å². The lowest BCUT2D eigenvalue weighted by atomic mass is 10.0. The minimum absolute atomic E-state index is 0.125. The number of rotatable bonds is 5. The number of ether oxygens (including phenoxy) is 1. The number of methoxy groups -OCH3 is 1. The molecule has 0 aromatic heterocycles. The summed E-state index contributed by atoms with van der Waals surface area (Å²) in [4.78, 5) is 23.1. The summed E-state index contributed by atoms with van der Waals surface area (Å²) in [5.41, 5.74) is 0.583. The van der Waals surface area contributed by atoms with E-state index in [0.717, 1.165) is 0 Å². The molecule has 1 aromatic rings. The third-order valence-electron chi connectivity index (χ3n) is 2.58. The summed E-state index contributed by atoms with van der Waals surface area (Å²) in [5.74, 6) is -0.427. The van der Waals surface area contributed by atoms with E-state index in [1.54, 1.807) is 18.2 Å². The molecule has 1 atom stereocenters. The average molecular weight is 235 g/mol. The lowest BCUT2D eigenvalue weighted by Crippen LogP contribution is -2.27. The van der Waals surface area contributed by atoms with Crippen molar-refractivity contribution in [2.45, 2.75) is 20.3 Å². The lowest BCUT2D eigenvalue weighted by Gasteiger charge is -2.14. The van der Waals surface area contributed by atoms with Crippen molar-refractivity contribution in [3.05, 3.63) is 24.3 Å². The number of amides is 1. The molecule has 1 aromatic carbocycles. The molecule has 0 aliphatic carbocycles. The van der Waals surface area contributed by atoms with Crippen molar-refractivity contribution in [3.63, 3.8) is 0 Å². The molecule has 0 saturated carbocycles. The molecule has 1 amide bonds. The highest BCUT2D eigenvalue weighted by Crippen LogP contribution is 2.23. The minimum Gasteiger partial charge on any atom is -0.495 e. The molecule has 1 rings (SSSR count). The average Bonchev–Trinajstić information content (AvgIpc) is 2.30. The molecule has 0 aliphatic rings. The highest BCUT2D eigenvalue weighted by molar-refractivity contribution is 6.06. The van der Waals surface area contributed by atoms with Gasteiger partial charge in [0.1, 0.15) is 11.5 Å². The Bertz CT molecular complexity index is 415. The van der Waals surface area contributed by atoms with Crippen molar-refractivity contribution in [1.82, 2.24) is 0 Å². The Balaban J connectivity index is 2.83. The van der Waals surface area contributed by atoms with E-state index in [-0.39, 0.29) is 11.7 Å². The van der Waals surface area contributed by atoms with Gasteiger partial charge in [-0.2, -0.15) is 0 Å². The Labute approximate surface area is 101 Å². The summed E-state index contributed by atoms with van der Waals surface area (Å²) >= 11 is 0. The smallest absolute Gasteiger partial charge is 0.235 e. The summed E-state index contributed by atoms with van der Waals surface area (Å²) in [7, 11) is 1.53. The first kappa shape index (κ1) is 13.2. The number of Topliss-reactive ketones (excluding diaryl/α,β-unsaturated/α-hetero) is 1. The molecule has 4 nitrogen and oxygen atoms in total. The number of carbonyl (C=O) groups is 2. The molecule has 0 aliphatic heterocycles. The van der Waals surface area contributed by atoms with Gasteiger partial charge in [-0.15, -0.1) is 0 Å². The Morgan fingerprint density at radius 2 is 2.00 bits per heavy atom. The first-order valence-corrected chi connectivity index (χ1v) is 5.54. The van der Waals surface area contributed by atoms with Gasteiger partial charge in [0, 0.05) is 0 Å². The van der Waals surface area contributed by atoms with Crippen LogP contribution >= 0.6 is 0 Å². The zero-order valence-electron chi connectivity index (χ0n) is 10.3. The van der Waals surface area contributed by atoms with Crippen molar-refractivity contribution in [1.29, 1.82) is 0 Å². The van der Waals surface area contributed by atoms with Gasteiger partial charge in [0.15, 0.2) is 0 Å². The number of anilines is 1. The zero-order chi connectivity index (χ0) is 12.8. The van der Waals surface area contributed by atoms with Gasteiger partial charge in [0.05, 0.1) is 18.7 Å². The van der Waals surface area contributed by atoms with Crippen LogP contribution in [0, 0.1) is 5.92 Å². The number of carbonyl (C=O) groups excluding carboxylic acids is 2. The van der Waals surface area contributed by atoms with E-state index < -0.39 is 5.92 Å². The maximum absolute atomic E-state index is 11.9. The van der Waals surface area contributed by atoms with E-state index in [9.17, 15) is 9.59 Å². The van der Waals surface area contributed by atoms with Gasteiger partial charge in [-0.1, -0.05) is 19.1 Å². The first-order chi connectivity index (χ1) is 8.10. The Hall–Kier alpha value is -1.84. The van der Waals surface area contributed by atoms with Crippen molar-refractivity contribution < 1.29 is 14.3 Å². The van der Waals surface area contributed by atoms with E-state index in [1.807, 2.05) is 13.0 Å². The quantitative estimate of drug-likeness (QED) is 0.796. The topological polar surface area (TPSA) is 55.4 Å². The number of benzene rings is 1. The second-order valence-corrected chi connectivity index (χ2v) is 3.76. The first-order valence-electron chi connectivity index (χ1n) is 5.54. The van der Waals surface area contributed by atoms with Crippen molar-refractivity contribution in [2.75, 3.05) is 12.4 Å². The van der Waals surface area contributed by atoms with Crippen LogP contribution in [0.5, 0.6) is 5.75 Å². The van der Waals surface area contributed by atoms with Crippen LogP contribution in [0.1, 0.15) is 20.3 Å².